The van der Waals surface area contributed by atoms with Gasteiger partial charge in [-0.1, -0.05) is 0 Å². The SMILES string of the molecule is O=Nc1cc(Br)c2nsnc2c1-c1c([N+](=O)[O-])cc(Br)c2nsnc12. The van der Waals surface area contributed by atoms with Crippen molar-refractivity contribution >= 4 is 88.8 Å². The van der Waals surface area contributed by atoms with Crippen LogP contribution in [0.4, 0.5) is 11.4 Å². The third-order valence-electron chi connectivity index (χ3n) is 3.49. The van der Waals surface area contributed by atoms with Crippen LogP contribution in [0.3, 0.4) is 0 Å². The largest absolute Gasteiger partial charge is 0.280 e. The highest BCUT2D eigenvalue weighted by Crippen LogP contribution is 2.47. The Hall–Kier alpha value is -1.96. The molecule has 25 heavy (non-hydrogen) atoms. The molecule has 0 saturated carbocycles. The van der Waals surface area contributed by atoms with Gasteiger partial charge >= 0.3 is 0 Å². The van der Waals surface area contributed by atoms with Gasteiger partial charge in [0.1, 0.15) is 27.8 Å². The average Bonchev–Trinajstić information content (AvgIpc) is 3.24. The van der Waals surface area contributed by atoms with Gasteiger partial charge < -0.3 is 0 Å². The zero-order valence-corrected chi connectivity index (χ0v) is 16.4. The fourth-order valence-electron chi connectivity index (χ4n) is 2.49. The maximum absolute atomic E-state index is 11.6. The van der Waals surface area contributed by atoms with Crippen LogP contribution in [0.2, 0.25) is 0 Å². The molecule has 0 saturated heterocycles. The molecule has 13 heteroatoms. The summed E-state index contributed by atoms with van der Waals surface area (Å²) in [6, 6.07) is 2.80. The van der Waals surface area contributed by atoms with Gasteiger partial charge in [0, 0.05) is 16.1 Å². The molecule has 0 atom stereocenters. The molecule has 0 fully saturated rings. The Balaban J connectivity index is 2.27. The predicted octanol–water partition coefficient (Wildman–Crippen LogP) is 5.19. The molecule has 0 bridgehead atoms. The summed E-state index contributed by atoms with van der Waals surface area (Å²) in [7, 11) is 0. The van der Waals surface area contributed by atoms with Crippen LogP contribution in [0, 0.1) is 15.0 Å². The standard InChI is InChI=1S/C12H2Br2N6O3S2/c13-3-1-5(15-21)7(11-9(3)16-24-18-11)8-6(20(22)23)2-4(14)10-12(8)19-25-17-10/h1-2H. The van der Waals surface area contributed by atoms with E-state index in [0.29, 0.717) is 31.0 Å². The van der Waals surface area contributed by atoms with E-state index in [1.165, 1.54) is 12.1 Å². The quantitative estimate of drug-likeness (QED) is 0.215. The van der Waals surface area contributed by atoms with Gasteiger partial charge in [0.05, 0.1) is 38.4 Å². The number of rotatable bonds is 3. The van der Waals surface area contributed by atoms with Gasteiger partial charge in [-0.25, -0.2) is 0 Å². The van der Waals surface area contributed by atoms with Crippen molar-refractivity contribution in [1.29, 1.82) is 0 Å². The highest BCUT2D eigenvalue weighted by atomic mass is 79.9. The zero-order valence-electron chi connectivity index (χ0n) is 11.6. The zero-order chi connectivity index (χ0) is 17.7. The maximum Gasteiger partial charge on any atom is 0.280 e. The van der Waals surface area contributed by atoms with Crippen LogP contribution in [-0.2, 0) is 0 Å². The molecule has 0 aliphatic carbocycles. The van der Waals surface area contributed by atoms with Crippen molar-refractivity contribution in [3.8, 4) is 11.1 Å². The third kappa shape index (κ3) is 2.46. The molecule has 124 valence electrons. The summed E-state index contributed by atoms with van der Waals surface area (Å²) in [6.07, 6.45) is 0. The second kappa shape index (κ2) is 6.09. The van der Waals surface area contributed by atoms with E-state index in [4.69, 9.17) is 0 Å². The number of nitro benzene ring substituents is 1. The lowest BCUT2D eigenvalue weighted by molar-refractivity contribution is -0.384. The Bertz CT molecular complexity index is 1190. The Kier molecular flexibility index (Phi) is 4.02. The maximum atomic E-state index is 11.6. The number of fused-ring (bicyclic) bond motifs is 2. The third-order valence-corrected chi connectivity index (χ3v) is 5.75. The summed E-state index contributed by atoms with van der Waals surface area (Å²) in [6.45, 7) is 0. The smallest absolute Gasteiger partial charge is 0.258 e. The van der Waals surface area contributed by atoms with Gasteiger partial charge in [-0.3, -0.25) is 10.1 Å². The van der Waals surface area contributed by atoms with Gasteiger partial charge in [-0.2, -0.15) is 17.5 Å². The molecule has 0 unspecified atom stereocenters. The first-order valence-corrected chi connectivity index (χ1v) is 9.45. The molecule has 2 aromatic carbocycles. The number of nitroso groups, excluding NO2 is 1. The molecule has 0 aliphatic heterocycles. The van der Waals surface area contributed by atoms with Crippen LogP contribution >= 0.6 is 55.3 Å². The van der Waals surface area contributed by atoms with Crippen molar-refractivity contribution in [3.63, 3.8) is 0 Å². The molecule has 2 aromatic heterocycles. The van der Waals surface area contributed by atoms with Crippen molar-refractivity contribution in [2.45, 2.75) is 0 Å². The average molecular weight is 502 g/mol. The molecule has 0 N–H and O–H groups in total. The molecule has 0 aliphatic rings. The lowest BCUT2D eigenvalue weighted by atomic mass is 9.98. The number of nitro groups is 1. The molecule has 0 amide bonds. The molecule has 4 aromatic rings. The highest BCUT2D eigenvalue weighted by molar-refractivity contribution is 9.11. The summed E-state index contributed by atoms with van der Waals surface area (Å²) in [5, 5.41) is 14.7. The normalized spacial score (nSPS) is 11.3. The van der Waals surface area contributed by atoms with E-state index in [2.05, 4.69) is 54.5 Å². The van der Waals surface area contributed by atoms with E-state index in [9.17, 15) is 15.0 Å². The van der Waals surface area contributed by atoms with E-state index in [1.807, 2.05) is 0 Å². The topological polar surface area (TPSA) is 124 Å². The minimum Gasteiger partial charge on any atom is -0.258 e. The van der Waals surface area contributed by atoms with Gasteiger partial charge in [0.2, 0.25) is 0 Å². The summed E-state index contributed by atoms with van der Waals surface area (Å²) in [5.74, 6) is 0. The molecular formula is C12H2Br2N6O3S2. The van der Waals surface area contributed by atoms with Gasteiger partial charge in [0.25, 0.3) is 5.69 Å². The number of hydrogen-bond donors (Lipinski definition) is 0. The number of aromatic nitrogens is 4. The van der Waals surface area contributed by atoms with Crippen LogP contribution < -0.4 is 0 Å². The first-order valence-electron chi connectivity index (χ1n) is 6.40. The van der Waals surface area contributed by atoms with Crippen molar-refractivity contribution in [1.82, 2.24) is 17.5 Å². The Labute approximate surface area is 163 Å². The van der Waals surface area contributed by atoms with E-state index in [1.54, 1.807) is 0 Å². The molecule has 0 radical (unpaired) electrons. The summed E-state index contributed by atoms with van der Waals surface area (Å²) in [5.41, 5.74) is 1.74. The minimum atomic E-state index is -0.541. The monoisotopic (exact) mass is 500 g/mol. The molecule has 0 spiro atoms. The van der Waals surface area contributed by atoms with Gasteiger partial charge in [0.15, 0.2) is 0 Å². The van der Waals surface area contributed by atoms with Crippen LogP contribution in [0.1, 0.15) is 0 Å². The summed E-state index contributed by atoms with van der Waals surface area (Å²) in [4.78, 5) is 22.5. The van der Waals surface area contributed by atoms with Gasteiger partial charge in [-0.15, -0.1) is 4.91 Å². The minimum absolute atomic E-state index is 0.00629. The summed E-state index contributed by atoms with van der Waals surface area (Å²) < 4.78 is 17.7. The van der Waals surface area contributed by atoms with Crippen LogP contribution in [0.5, 0.6) is 0 Å². The fraction of sp³-hybridized carbons (Fsp3) is 0. The van der Waals surface area contributed by atoms with Crippen molar-refractivity contribution in [3.05, 3.63) is 36.1 Å². The van der Waals surface area contributed by atoms with Crippen LogP contribution in [-0.4, -0.2) is 22.4 Å². The number of halogens is 2. The highest BCUT2D eigenvalue weighted by Gasteiger charge is 2.29. The fourth-order valence-corrected chi connectivity index (χ4v) is 4.85. The van der Waals surface area contributed by atoms with E-state index >= 15 is 0 Å². The van der Waals surface area contributed by atoms with Crippen LogP contribution in [0.15, 0.2) is 26.3 Å². The van der Waals surface area contributed by atoms with E-state index in [0.717, 1.165) is 23.5 Å². The molecular weight excluding hydrogens is 500 g/mol. The first-order chi connectivity index (χ1) is 12.0. The number of hydrogen-bond acceptors (Lipinski definition) is 10. The van der Waals surface area contributed by atoms with Crippen molar-refractivity contribution < 1.29 is 4.92 Å². The second-order valence-electron chi connectivity index (χ2n) is 4.78. The first kappa shape index (κ1) is 16.5. The molecule has 2 heterocycles. The Morgan fingerprint density at radius 3 is 2.00 bits per heavy atom. The van der Waals surface area contributed by atoms with E-state index in [-0.39, 0.29) is 22.5 Å². The molecule has 9 nitrogen and oxygen atoms in total. The Morgan fingerprint density at radius 2 is 1.44 bits per heavy atom. The summed E-state index contributed by atoms with van der Waals surface area (Å²) >= 11 is 8.44. The number of nitrogens with zero attached hydrogens (tertiary/aromatic N) is 6. The Morgan fingerprint density at radius 1 is 0.920 bits per heavy atom. The molecule has 4 rings (SSSR count). The van der Waals surface area contributed by atoms with Crippen molar-refractivity contribution in [2.24, 2.45) is 5.18 Å². The lowest BCUT2D eigenvalue weighted by Crippen LogP contribution is -1.95. The second-order valence-corrected chi connectivity index (χ2v) is 7.54. The van der Waals surface area contributed by atoms with E-state index < -0.39 is 4.92 Å². The predicted molar refractivity (Wildman–Crippen MR) is 101 cm³/mol. The lowest BCUT2D eigenvalue weighted by Gasteiger charge is -2.08. The number of benzene rings is 2. The van der Waals surface area contributed by atoms with Crippen molar-refractivity contribution in [2.75, 3.05) is 0 Å². The van der Waals surface area contributed by atoms with Gasteiger partial charge in [-0.05, 0) is 43.1 Å². The van der Waals surface area contributed by atoms with Crippen LogP contribution in [0.25, 0.3) is 33.2 Å².